The van der Waals surface area contributed by atoms with E-state index < -0.39 is 11.5 Å². The fourth-order valence-corrected chi connectivity index (χ4v) is 1.43. The van der Waals surface area contributed by atoms with Gasteiger partial charge in [0.15, 0.2) is 0 Å². The molecule has 0 bridgehead atoms. The van der Waals surface area contributed by atoms with Crippen molar-refractivity contribution in [2.24, 2.45) is 0 Å². The summed E-state index contributed by atoms with van der Waals surface area (Å²) in [4.78, 5) is 11.5. The number of ether oxygens (including phenoxy) is 1. The highest BCUT2D eigenvalue weighted by Crippen LogP contribution is 2.32. The Morgan fingerprint density at radius 3 is 2.43 bits per heavy atom. The van der Waals surface area contributed by atoms with Crippen molar-refractivity contribution < 1.29 is 9.53 Å². The Bertz CT molecular complexity index is 330. The van der Waals surface area contributed by atoms with Gasteiger partial charge in [0, 0.05) is 0 Å². The first-order valence-corrected chi connectivity index (χ1v) is 4.73. The molecule has 2 rings (SSSR count). The highest BCUT2D eigenvalue weighted by molar-refractivity contribution is 5.83. The number of carbonyl (C=O) groups is 1. The summed E-state index contributed by atoms with van der Waals surface area (Å²) in [5.74, 6) is 0.103. The summed E-state index contributed by atoms with van der Waals surface area (Å²) in [5.41, 5.74) is 6.77. The van der Waals surface area contributed by atoms with E-state index in [4.69, 9.17) is 10.5 Å². The van der Waals surface area contributed by atoms with Crippen LogP contribution in [-0.2, 0) is 4.79 Å². The first-order chi connectivity index (χ1) is 6.71. The van der Waals surface area contributed by atoms with Crippen LogP contribution >= 0.6 is 0 Å². The lowest BCUT2D eigenvalue weighted by atomic mass is 9.78. The minimum absolute atomic E-state index is 0.421. The second-order valence-electron chi connectivity index (χ2n) is 3.64. The molecule has 1 radical (unpaired) electrons. The molecule has 14 heavy (non-hydrogen) atoms. The van der Waals surface area contributed by atoms with Crippen LogP contribution in [0.2, 0.25) is 0 Å². The van der Waals surface area contributed by atoms with E-state index in [-0.39, 0.29) is 0 Å². The Labute approximate surface area is 82.9 Å². The zero-order valence-electron chi connectivity index (χ0n) is 7.82. The van der Waals surface area contributed by atoms with Crippen molar-refractivity contribution in [3.05, 3.63) is 30.3 Å². The zero-order valence-corrected chi connectivity index (χ0v) is 7.82. The van der Waals surface area contributed by atoms with Gasteiger partial charge in [0.2, 0.25) is 0 Å². The van der Waals surface area contributed by atoms with Crippen LogP contribution in [0.4, 0.5) is 0 Å². The van der Waals surface area contributed by atoms with E-state index in [2.05, 4.69) is 0 Å². The third-order valence-electron chi connectivity index (χ3n) is 2.55. The number of benzene rings is 1. The van der Waals surface area contributed by atoms with Gasteiger partial charge in [-0.2, -0.15) is 0 Å². The second kappa shape index (κ2) is 3.42. The summed E-state index contributed by atoms with van der Waals surface area (Å²) < 4.78 is 5.09. The number of rotatable bonds is 2. The molecule has 1 aromatic carbocycles. The predicted octanol–water partition coefficient (Wildman–Crippen LogP) is 1.80. The normalized spacial score (nSPS) is 18.4. The van der Waals surface area contributed by atoms with Crippen LogP contribution in [-0.4, -0.2) is 11.5 Å². The maximum absolute atomic E-state index is 11.5. The van der Waals surface area contributed by atoms with Crippen molar-refractivity contribution in [2.45, 2.75) is 24.8 Å². The molecule has 0 aromatic heterocycles. The van der Waals surface area contributed by atoms with E-state index in [0.29, 0.717) is 18.6 Å². The van der Waals surface area contributed by atoms with E-state index in [9.17, 15) is 4.79 Å². The van der Waals surface area contributed by atoms with Crippen molar-refractivity contribution in [1.29, 1.82) is 0 Å². The minimum atomic E-state index is -0.976. The summed E-state index contributed by atoms with van der Waals surface area (Å²) in [6.07, 6.45) is 2.20. The highest BCUT2D eigenvalue weighted by Gasteiger charge is 2.42. The fourth-order valence-electron chi connectivity index (χ4n) is 1.43. The molecule has 1 saturated carbocycles. The predicted molar refractivity (Wildman–Crippen MR) is 51.8 cm³/mol. The van der Waals surface area contributed by atoms with E-state index >= 15 is 0 Å². The number of esters is 1. The van der Waals surface area contributed by atoms with Gasteiger partial charge < -0.3 is 4.74 Å². The van der Waals surface area contributed by atoms with Crippen LogP contribution in [0.1, 0.15) is 19.3 Å². The Kier molecular flexibility index (Phi) is 2.25. The molecule has 3 heteroatoms. The average Bonchev–Trinajstić information content (AvgIpc) is 2.15. The van der Waals surface area contributed by atoms with Gasteiger partial charge >= 0.3 is 5.97 Å². The molecule has 0 unspecified atom stereocenters. The lowest BCUT2D eigenvalue weighted by Gasteiger charge is -2.33. The zero-order chi connectivity index (χ0) is 10.0. The lowest BCUT2D eigenvalue weighted by molar-refractivity contribution is -0.144. The number of para-hydroxylation sites is 1. The number of hydrogen-bond donors (Lipinski definition) is 0. The number of hydrogen-bond acceptors (Lipinski definition) is 2. The van der Waals surface area contributed by atoms with Crippen molar-refractivity contribution >= 4 is 5.97 Å². The Balaban J connectivity index is 2.02. The van der Waals surface area contributed by atoms with E-state index in [1.165, 1.54) is 0 Å². The first kappa shape index (κ1) is 9.21. The second-order valence-corrected chi connectivity index (χ2v) is 3.64. The van der Waals surface area contributed by atoms with Gasteiger partial charge in [0.1, 0.15) is 11.3 Å². The van der Waals surface area contributed by atoms with Gasteiger partial charge in [-0.1, -0.05) is 18.2 Å². The summed E-state index contributed by atoms with van der Waals surface area (Å²) in [6, 6.07) is 8.91. The van der Waals surface area contributed by atoms with Gasteiger partial charge in [-0.25, -0.2) is 10.5 Å². The largest absolute Gasteiger partial charge is 0.425 e. The first-order valence-electron chi connectivity index (χ1n) is 4.73. The minimum Gasteiger partial charge on any atom is -0.425 e. The average molecular weight is 190 g/mol. The SMILES string of the molecule is [NH]C1(C(=O)Oc2ccccc2)CCC1. The Morgan fingerprint density at radius 2 is 1.93 bits per heavy atom. The van der Waals surface area contributed by atoms with Crippen molar-refractivity contribution in [3.8, 4) is 5.75 Å². The van der Waals surface area contributed by atoms with E-state index in [1.807, 2.05) is 6.07 Å². The smallest absolute Gasteiger partial charge is 0.333 e. The molecule has 1 aromatic rings. The third-order valence-corrected chi connectivity index (χ3v) is 2.55. The maximum Gasteiger partial charge on any atom is 0.333 e. The summed E-state index contributed by atoms with van der Waals surface area (Å²) >= 11 is 0. The van der Waals surface area contributed by atoms with Gasteiger partial charge in [-0.3, -0.25) is 0 Å². The number of nitrogens with one attached hydrogen (secondary N) is 1. The summed E-state index contributed by atoms with van der Waals surface area (Å²) in [6.45, 7) is 0. The molecule has 0 aliphatic heterocycles. The number of carbonyl (C=O) groups excluding carboxylic acids is 1. The topological polar surface area (TPSA) is 50.1 Å². The molecule has 0 heterocycles. The molecule has 0 saturated heterocycles. The summed E-state index contributed by atoms with van der Waals surface area (Å²) in [5, 5.41) is 0. The molecule has 1 aliphatic rings. The van der Waals surface area contributed by atoms with E-state index in [0.717, 1.165) is 6.42 Å². The molecule has 3 nitrogen and oxygen atoms in total. The van der Waals surface area contributed by atoms with Crippen LogP contribution < -0.4 is 10.5 Å². The highest BCUT2D eigenvalue weighted by atomic mass is 16.5. The van der Waals surface area contributed by atoms with Gasteiger partial charge in [0.25, 0.3) is 0 Å². The quantitative estimate of drug-likeness (QED) is 0.527. The van der Waals surface area contributed by atoms with E-state index in [1.54, 1.807) is 24.3 Å². The lowest BCUT2D eigenvalue weighted by Crippen LogP contribution is -2.49. The maximum atomic E-state index is 11.5. The monoisotopic (exact) mass is 190 g/mol. The molecule has 1 fully saturated rings. The van der Waals surface area contributed by atoms with Crippen LogP contribution in [0.3, 0.4) is 0 Å². The standard InChI is InChI=1S/C11H12NO2/c12-11(7-4-8-11)10(13)14-9-5-2-1-3-6-9/h1-3,5-6,12H,4,7-8H2. The Hall–Kier alpha value is -1.35. The molecule has 0 amide bonds. The molecule has 1 aliphatic carbocycles. The van der Waals surface area contributed by atoms with Gasteiger partial charge in [0.05, 0.1) is 0 Å². The third kappa shape index (κ3) is 1.63. The summed E-state index contributed by atoms with van der Waals surface area (Å²) in [7, 11) is 0. The molecule has 0 spiro atoms. The van der Waals surface area contributed by atoms with Crippen molar-refractivity contribution in [1.82, 2.24) is 5.73 Å². The molecule has 73 valence electrons. The molecular weight excluding hydrogens is 178 g/mol. The van der Waals surface area contributed by atoms with Crippen LogP contribution in [0, 0.1) is 0 Å². The van der Waals surface area contributed by atoms with Crippen molar-refractivity contribution in [2.75, 3.05) is 0 Å². The fraction of sp³-hybridized carbons (Fsp3) is 0.364. The van der Waals surface area contributed by atoms with Crippen molar-refractivity contribution in [3.63, 3.8) is 0 Å². The van der Waals surface area contributed by atoms with Gasteiger partial charge in [-0.05, 0) is 31.4 Å². The van der Waals surface area contributed by atoms with Gasteiger partial charge in [-0.15, -0.1) is 0 Å². The van der Waals surface area contributed by atoms with Crippen LogP contribution in [0.15, 0.2) is 30.3 Å². The van der Waals surface area contributed by atoms with Crippen LogP contribution in [0.5, 0.6) is 5.75 Å². The molecule has 0 atom stereocenters. The Morgan fingerprint density at radius 1 is 1.29 bits per heavy atom. The molecule has 1 N–H and O–H groups in total. The molecular formula is C11H12NO2. The van der Waals surface area contributed by atoms with Crippen LogP contribution in [0.25, 0.3) is 0 Å².